The Morgan fingerprint density at radius 3 is 2.72 bits per heavy atom. The minimum Gasteiger partial charge on any atom is -0.545 e. The smallest absolute Gasteiger partial charge is 0.247 e. The lowest BCUT2D eigenvalue weighted by Gasteiger charge is -2.17. The maximum absolute atomic E-state index is 12.6. The van der Waals surface area contributed by atoms with E-state index in [0.717, 1.165) is 16.7 Å². The quantitative estimate of drug-likeness (QED) is 0.736. The van der Waals surface area contributed by atoms with Crippen molar-refractivity contribution in [2.45, 2.75) is 16.7 Å². The van der Waals surface area contributed by atoms with E-state index in [1.54, 1.807) is 0 Å². The van der Waals surface area contributed by atoms with E-state index in [9.17, 15) is 19.5 Å². The number of pyridine rings is 1. The SMILES string of the molecule is O=C([O-])c1cccnc1SC1CC(=O)N(c2ccc(Cl)cc2Cl)C1=O. The maximum Gasteiger partial charge on any atom is 0.247 e. The van der Waals surface area contributed by atoms with E-state index >= 15 is 0 Å². The first-order chi connectivity index (χ1) is 11.9. The number of carboxylic acid groups (broad SMARTS) is 1. The molecular formula is C16H9Cl2N2O4S-. The van der Waals surface area contributed by atoms with Crippen LogP contribution in [0.4, 0.5) is 5.69 Å². The van der Waals surface area contributed by atoms with Gasteiger partial charge in [-0.25, -0.2) is 9.88 Å². The third-order valence-corrected chi connectivity index (χ3v) is 5.24. The Bertz CT molecular complexity index is 890. The van der Waals surface area contributed by atoms with E-state index in [1.165, 1.54) is 36.5 Å². The zero-order chi connectivity index (χ0) is 18.1. The number of aromatic carboxylic acids is 1. The molecule has 0 radical (unpaired) electrons. The van der Waals surface area contributed by atoms with E-state index in [1.807, 2.05) is 0 Å². The second kappa shape index (κ2) is 7.03. The third-order valence-electron chi connectivity index (χ3n) is 3.50. The van der Waals surface area contributed by atoms with Crippen molar-refractivity contribution >= 4 is 58.4 Å². The average molecular weight is 396 g/mol. The van der Waals surface area contributed by atoms with Crippen LogP contribution in [0.3, 0.4) is 0 Å². The van der Waals surface area contributed by atoms with Crippen molar-refractivity contribution in [3.8, 4) is 0 Å². The van der Waals surface area contributed by atoms with Crippen molar-refractivity contribution in [2.24, 2.45) is 0 Å². The number of amides is 2. The Morgan fingerprint density at radius 2 is 2.04 bits per heavy atom. The Labute approximate surface area is 156 Å². The number of aromatic nitrogens is 1. The van der Waals surface area contributed by atoms with Crippen LogP contribution in [0.15, 0.2) is 41.6 Å². The van der Waals surface area contributed by atoms with Crippen LogP contribution in [0.25, 0.3) is 0 Å². The number of imide groups is 1. The van der Waals surface area contributed by atoms with Gasteiger partial charge in [-0.15, -0.1) is 0 Å². The number of carbonyl (C=O) groups excluding carboxylic acids is 3. The van der Waals surface area contributed by atoms with Gasteiger partial charge in [0, 0.05) is 23.2 Å². The standard InChI is InChI=1S/C16H10Cl2N2O4S/c17-8-3-4-11(10(18)6-8)20-13(21)7-12(15(20)22)25-14-9(16(23)24)2-1-5-19-14/h1-6,12H,7H2,(H,23,24)/p-1. The Morgan fingerprint density at radius 1 is 1.28 bits per heavy atom. The molecule has 0 saturated carbocycles. The molecule has 128 valence electrons. The number of nitrogens with zero attached hydrogens (tertiary/aromatic N) is 2. The average Bonchev–Trinajstić information content (AvgIpc) is 2.82. The highest BCUT2D eigenvalue weighted by atomic mass is 35.5. The molecule has 0 aliphatic carbocycles. The summed E-state index contributed by atoms with van der Waals surface area (Å²) < 4.78 is 0. The molecule has 6 nitrogen and oxygen atoms in total. The van der Waals surface area contributed by atoms with Gasteiger partial charge in [0.1, 0.15) is 5.03 Å². The van der Waals surface area contributed by atoms with E-state index in [2.05, 4.69) is 4.98 Å². The molecular weight excluding hydrogens is 387 g/mol. The summed E-state index contributed by atoms with van der Waals surface area (Å²) in [4.78, 5) is 41.0. The molecule has 25 heavy (non-hydrogen) atoms. The van der Waals surface area contributed by atoms with Gasteiger partial charge in [0.25, 0.3) is 0 Å². The largest absolute Gasteiger partial charge is 0.545 e. The fourth-order valence-corrected chi connectivity index (χ4v) is 3.98. The van der Waals surface area contributed by atoms with Gasteiger partial charge in [0.15, 0.2) is 0 Å². The number of thioether (sulfide) groups is 1. The highest BCUT2D eigenvalue weighted by molar-refractivity contribution is 8.00. The Hall–Kier alpha value is -2.09. The van der Waals surface area contributed by atoms with Crippen molar-refractivity contribution in [2.75, 3.05) is 4.90 Å². The monoisotopic (exact) mass is 395 g/mol. The molecule has 2 aromatic rings. The molecule has 1 aliphatic heterocycles. The molecule has 1 atom stereocenters. The summed E-state index contributed by atoms with van der Waals surface area (Å²) in [7, 11) is 0. The van der Waals surface area contributed by atoms with Gasteiger partial charge in [-0.05, 0) is 30.3 Å². The molecule has 1 aliphatic rings. The number of benzene rings is 1. The molecule has 0 bridgehead atoms. The summed E-state index contributed by atoms with van der Waals surface area (Å²) in [6.07, 6.45) is 1.31. The van der Waals surface area contributed by atoms with Gasteiger partial charge in [-0.3, -0.25) is 9.59 Å². The lowest BCUT2D eigenvalue weighted by atomic mass is 10.3. The van der Waals surface area contributed by atoms with E-state index in [4.69, 9.17) is 23.2 Å². The summed E-state index contributed by atoms with van der Waals surface area (Å²) in [6, 6.07) is 7.24. The fraction of sp³-hybridized carbons (Fsp3) is 0.125. The summed E-state index contributed by atoms with van der Waals surface area (Å²) in [6.45, 7) is 0. The van der Waals surface area contributed by atoms with Gasteiger partial charge in [0.2, 0.25) is 11.8 Å². The molecule has 1 saturated heterocycles. The van der Waals surface area contributed by atoms with Crippen LogP contribution in [-0.4, -0.2) is 28.0 Å². The van der Waals surface area contributed by atoms with Crippen LogP contribution in [0.1, 0.15) is 16.8 Å². The maximum atomic E-state index is 12.6. The predicted octanol–water partition coefficient (Wildman–Crippen LogP) is 2.18. The van der Waals surface area contributed by atoms with Crippen LogP contribution in [0.5, 0.6) is 0 Å². The van der Waals surface area contributed by atoms with Crippen LogP contribution in [0, 0.1) is 0 Å². The van der Waals surface area contributed by atoms with E-state index < -0.39 is 23.0 Å². The van der Waals surface area contributed by atoms with Gasteiger partial charge >= 0.3 is 0 Å². The number of hydrogen-bond acceptors (Lipinski definition) is 6. The summed E-state index contributed by atoms with van der Waals surface area (Å²) in [5, 5.41) is 11.0. The summed E-state index contributed by atoms with van der Waals surface area (Å²) >= 11 is 12.8. The highest BCUT2D eigenvalue weighted by Gasteiger charge is 2.41. The van der Waals surface area contributed by atoms with Gasteiger partial charge in [-0.1, -0.05) is 35.0 Å². The zero-order valence-electron chi connectivity index (χ0n) is 12.4. The lowest BCUT2D eigenvalue weighted by Crippen LogP contribution is -2.31. The Kier molecular flexibility index (Phi) is 4.99. The molecule has 1 unspecified atom stereocenters. The molecule has 3 rings (SSSR count). The molecule has 1 aromatic heterocycles. The van der Waals surface area contributed by atoms with Crippen LogP contribution < -0.4 is 10.0 Å². The number of halogens is 2. The van der Waals surface area contributed by atoms with Crippen molar-refractivity contribution in [3.63, 3.8) is 0 Å². The van der Waals surface area contributed by atoms with Gasteiger partial charge in [0.05, 0.1) is 21.9 Å². The molecule has 1 aromatic carbocycles. The van der Waals surface area contributed by atoms with Crippen LogP contribution >= 0.6 is 35.0 Å². The van der Waals surface area contributed by atoms with Crippen molar-refractivity contribution in [1.29, 1.82) is 0 Å². The molecule has 9 heteroatoms. The molecule has 2 amide bonds. The number of carbonyl (C=O) groups is 3. The second-order valence-electron chi connectivity index (χ2n) is 5.12. The predicted molar refractivity (Wildman–Crippen MR) is 91.8 cm³/mol. The zero-order valence-corrected chi connectivity index (χ0v) is 14.8. The molecule has 0 spiro atoms. The first-order valence-electron chi connectivity index (χ1n) is 7.03. The first-order valence-corrected chi connectivity index (χ1v) is 8.67. The highest BCUT2D eigenvalue weighted by Crippen LogP contribution is 2.37. The second-order valence-corrected chi connectivity index (χ2v) is 7.15. The van der Waals surface area contributed by atoms with Crippen LogP contribution in [0.2, 0.25) is 10.0 Å². The first kappa shape index (κ1) is 17.7. The molecule has 1 fully saturated rings. The number of carboxylic acids is 1. The van der Waals surface area contributed by atoms with Gasteiger partial charge < -0.3 is 9.90 Å². The lowest BCUT2D eigenvalue weighted by molar-refractivity contribution is -0.255. The normalized spacial score (nSPS) is 17.2. The van der Waals surface area contributed by atoms with Crippen molar-refractivity contribution in [1.82, 2.24) is 4.98 Å². The Balaban J connectivity index is 1.88. The van der Waals surface area contributed by atoms with E-state index in [-0.39, 0.29) is 27.7 Å². The minimum atomic E-state index is -1.40. The minimum absolute atomic E-state index is 0.0917. The molecule has 0 N–H and O–H groups in total. The summed E-state index contributed by atoms with van der Waals surface area (Å²) in [5.41, 5.74) is 0.112. The van der Waals surface area contributed by atoms with Crippen molar-refractivity contribution < 1.29 is 19.5 Å². The van der Waals surface area contributed by atoms with E-state index in [0.29, 0.717) is 5.02 Å². The third kappa shape index (κ3) is 3.49. The summed E-state index contributed by atoms with van der Waals surface area (Å²) in [5.74, 6) is -2.32. The van der Waals surface area contributed by atoms with Crippen molar-refractivity contribution in [3.05, 3.63) is 52.1 Å². The number of anilines is 1. The number of rotatable bonds is 4. The van der Waals surface area contributed by atoms with Crippen LogP contribution in [-0.2, 0) is 9.59 Å². The van der Waals surface area contributed by atoms with Gasteiger partial charge in [-0.2, -0.15) is 0 Å². The number of hydrogen-bond donors (Lipinski definition) is 0. The molecule has 2 heterocycles. The fourth-order valence-electron chi connectivity index (χ4n) is 2.39. The topological polar surface area (TPSA) is 90.4 Å².